The van der Waals surface area contributed by atoms with Crippen LogP contribution in [0.25, 0.3) is 0 Å². The molecule has 5 heteroatoms. The maximum atomic E-state index is 8.90. The lowest BCUT2D eigenvalue weighted by atomic mass is 9.95. The van der Waals surface area contributed by atoms with Gasteiger partial charge in [-0.3, -0.25) is 0 Å². The van der Waals surface area contributed by atoms with Crippen molar-refractivity contribution < 1.29 is 4.74 Å². The smallest absolute Gasteiger partial charge is 0.146 e. The van der Waals surface area contributed by atoms with Gasteiger partial charge in [0.25, 0.3) is 0 Å². The summed E-state index contributed by atoms with van der Waals surface area (Å²) in [4.78, 5) is 4.18. The summed E-state index contributed by atoms with van der Waals surface area (Å²) in [7, 11) is 0. The third-order valence-corrected chi connectivity index (χ3v) is 3.25. The largest absolute Gasteiger partial charge is 0.379 e. The van der Waals surface area contributed by atoms with Crippen LogP contribution >= 0.6 is 11.6 Å². The molecule has 1 unspecified atom stereocenters. The lowest BCUT2D eigenvalue weighted by molar-refractivity contribution is 0.0539. The predicted molar refractivity (Wildman–Crippen MR) is 66.0 cm³/mol. The number of hydrogen-bond donors (Lipinski definition) is 1. The van der Waals surface area contributed by atoms with Gasteiger partial charge in [0, 0.05) is 12.8 Å². The Morgan fingerprint density at radius 2 is 2.47 bits per heavy atom. The van der Waals surface area contributed by atoms with E-state index in [9.17, 15) is 0 Å². The molecule has 1 atom stereocenters. The van der Waals surface area contributed by atoms with E-state index in [1.807, 2.05) is 6.07 Å². The fourth-order valence-corrected chi connectivity index (χ4v) is 2.14. The monoisotopic (exact) mass is 251 g/mol. The van der Waals surface area contributed by atoms with E-state index in [1.165, 1.54) is 0 Å². The van der Waals surface area contributed by atoms with Crippen molar-refractivity contribution in [3.05, 3.63) is 22.8 Å². The molecule has 1 fully saturated rings. The van der Waals surface area contributed by atoms with Gasteiger partial charge >= 0.3 is 0 Å². The molecular weight excluding hydrogens is 238 g/mol. The maximum absolute atomic E-state index is 8.90. The molecule has 4 nitrogen and oxygen atoms in total. The van der Waals surface area contributed by atoms with Gasteiger partial charge in [-0.25, -0.2) is 4.98 Å². The quantitative estimate of drug-likeness (QED) is 0.878. The van der Waals surface area contributed by atoms with Crippen LogP contribution in [0.5, 0.6) is 0 Å². The van der Waals surface area contributed by atoms with Gasteiger partial charge in [0.15, 0.2) is 0 Å². The van der Waals surface area contributed by atoms with Crippen LogP contribution in [-0.2, 0) is 4.74 Å². The molecule has 0 aliphatic carbocycles. The third kappa shape index (κ3) is 2.68. The van der Waals surface area contributed by atoms with Crippen molar-refractivity contribution in [1.82, 2.24) is 4.98 Å². The summed E-state index contributed by atoms with van der Waals surface area (Å²) in [6, 6.07) is 3.65. The molecule has 2 rings (SSSR count). The molecular formula is C12H14ClN3O. The van der Waals surface area contributed by atoms with Crippen LogP contribution in [0.15, 0.2) is 12.3 Å². The van der Waals surface area contributed by atoms with Gasteiger partial charge in [0.2, 0.25) is 0 Å². The molecule has 1 aliphatic heterocycles. The molecule has 0 saturated carbocycles. The number of aromatic nitrogens is 1. The zero-order valence-corrected chi connectivity index (χ0v) is 10.4. The first-order chi connectivity index (χ1) is 8.14. The van der Waals surface area contributed by atoms with Crippen molar-refractivity contribution in [2.75, 3.05) is 18.5 Å². The summed E-state index contributed by atoms with van der Waals surface area (Å²) < 4.78 is 5.46. The number of halogens is 1. The number of anilines is 1. The van der Waals surface area contributed by atoms with Gasteiger partial charge in [0.1, 0.15) is 16.9 Å². The molecule has 1 aromatic rings. The Labute approximate surface area is 106 Å². The van der Waals surface area contributed by atoms with Gasteiger partial charge in [-0.15, -0.1) is 0 Å². The molecule has 0 aromatic carbocycles. The van der Waals surface area contributed by atoms with Crippen LogP contribution in [-0.4, -0.2) is 23.7 Å². The van der Waals surface area contributed by atoms with E-state index >= 15 is 0 Å². The van der Waals surface area contributed by atoms with Crippen molar-refractivity contribution in [1.29, 1.82) is 5.26 Å². The lowest BCUT2D eigenvalue weighted by Gasteiger charge is -2.35. The number of pyridine rings is 1. The molecule has 90 valence electrons. The van der Waals surface area contributed by atoms with E-state index in [2.05, 4.69) is 17.2 Å². The maximum Gasteiger partial charge on any atom is 0.146 e. The lowest BCUT2D eigenvalue weighted by Crippen LogP contribution is -2.43. The summed E-state index contributed by atoms with van der Waals surface area (Å²) in [5, 5.41) is 12.6. The SMILES string of the molecule is CC1(Nc2nccc(C#N)c2Cl)CCCOC1. The van der Waals surface area contributed by atoms with Crippen LogP contribution in [0.1, 0.15) is 25.3 Å². The highest BCUT2D eigenvalue weighted by atomic mass is 35.5. The Hall–Kier alpha value is -1.31. The minimum Gasteiger partial charge on any atom is -0.379 e. The minimum absolute atomic E-state index is 0.164. The topological polar surface area (TPSA) is 57.9 Å². The van der Waals surface area contributed by atoms with E-state index in [4.69, 9.17) is 21.6 Å². The summed E-state index contributed by atoms with van der Waals surface area (Å²) in [5.74, 6) is 0.554. The third-order valence-electron chi connectivity index (χ3n) is 2.87. The normalized spacial score (nSPS) is 24.1. The van der Waals surface area contributed by atoms with E-state index < -0.39 is 0 Å². The van der Waals surface area contributed by atoms with Crippen LogP contribution in [0.2, 0.25) is 5.02 Å². The van der Waals surface area contributed by atoms with Gasteiger partial charge < -0.3 is 10.1 Å². The van der Waals surface area contributed by atoms with E-state index in [-0.39, 0.29) is 5.54 Å². The number of rotatable bonds is 2. The Bertz CT molecular complexity index is 450. The highest BCUT2D eigenvalue weighted by Gasteiger charge is 2.28. The number of nitrogens with zero attached hydrogens (tertiary/aromatic N) is 2. The Morgan fingerprint density at radius 3 is 3.12 bits per heavy atom. The van der Waals surface area contributed by atoms with Crippen molar-refractivity contribution in [2.45, 2.75) is 25.3 Å². The summed E-state index contributed by atoms with van der Waals surface area (Å²) in [5.41, 5.74) is 0.271. The second kappa shape index (κ2) is 4.91. The van der Waals surface area contributed by atoms with Crippen molar-refractivity contribution in [3.8, 4) is 6.07 Å². The second-order valence-electron chi connectivity index (χ2n) is 4.47. The van der Waals surface area contributed by atoms with Crippen molar-refractivity contribution in [3.63, 3.8) is 0 Å². The summed E-state index contributed by atoms with van der Waals surface area (Å²) in [6.45, 7) is 3.50. The molecule has 17 heavy (non-hydrogen) atoms. The molecule has 1 aromatic heterocycles. The highest BCUT2D eigenvalue weighted by molar-refractivity contribution is 6.34. The number of hydrogen-bond acceptors (Lipinski definition) is 4. The summed E-state index contributed by atoms with van der Waals surface area (Å²) >= 11 is 6.10. The molecule has 1 saturated heterocycles. The van der Waals surface area contributed by atoms with Crippen LogP contribution in [0, 0.1) is 11.3 Å². The van der Waals surface area contributed by atoms with E-state index in [0.717, 1.165) is 19.4 Å². The number of ether oxygens (including phenoxy) is 1. The highest BCUT2D eigenvalue weighted by Crippen LogP contribution is 2.28. The first-order valence-electron chi connectivity index (χ1n) is 5.55. The van der Waals surface area contributed by atoms with Crippen molar-refractivity contribution >= 4 is 17.4 Å². The molecule has 1 N–H and O–H groups in total. The van der Waals surface area contributed by atoms with Crippen LogP contribution in [0.3, 0.4) is 0 Å². The van der Waals surface area contributed by atoms with Crippen LogP contribution < -0.4 is 5.32 Å². The average molecular weight is 252 g/mol. The zero-order chi connectivity index (χ0) is 12.3. The molecule has 0 radical (unpaired) electrons. The Morgan fingerprint density at radius 1 is 1.65 bits per heavy atom. The first-order valence-corrected chi connectivity index (χ1v) is 5.93. The van der Waals surface area contributed by atoms with E-state index in [0.29, 0.717) is 23.0 Å². The molecule has 1 aliphatic rings. The average Bonchev–Trinajstić information content (AvgIpc) is 2.32. The Balaban J connectivity index is 2.21. The predicted octanol–water partition coefficient (Wildman–Crippen LogP) is 2.59. The van der Waals surface area contributed by atoms with Gasteiger partial charge in [-0.05, 0) is 25.8 Å². The second-order valence-corrected chi connectivity index (χ2v) is 4.85. The fraction of sp³-hybridized carbons (Fsp3) is 0.500. The molecule has 2 heterocycles. The molecule has 0 bridgehead atoms. The van der Waals surface area contributed by atoms with Gasteiger partial charge in [-0.1, -0.05) is 11.6 Å². The Kier molecular flexibility index (Phi) is 3.51. The van der Waals surface area contributed by atoms with Gasteiger partial charge in [0.05, 0.1) is 17.7 Å². The number of nitriles is 1. The molecule has 0 spiro atoms. The van der Waals surface area contributed by atoms with Gasteiger partial charge in [-0.2, -0.15) is 5.26 Å². The van der Waals surface area contributed by atoms with E-state index in [1.54, 1.807) is 12.3 Å². The summed E-state index contributed by atoms with van der Waals surface area (Å²) in [6.07, 6.45) is 3.60. The standard InChI is InChI=1S/C12H14ClN3O/c1-12(4-2-6-17-8-12)16-11-10(13)9(7-14)3-5-15-11/h3,5H,2,4,6,8H2,1H3,(H,15,16). The van der Waals surface area contributed by atoms with Crippen molar-refractivity contribution in [2.24, 2.45) is 0 Å². The first kappa shape index (κ1) is 12.2. The zero-order valence-electron chi connectivity index (χ0n) is 9.66. The number of nitrogens with one attached hydrogen (secondary N) is 1. The van der Waals surface area contributed by atoms with Crippen LogP contribution in [0.4, 0.5) is 5.82 Å². The fourth-order valence-electron chi connectivity index (χ4n) is 1.94. The molecule has 0 amide bonds. The minimum atomic E-state index is -0.164.